The van der Waals surface area contributed by atoms with Crippen molar-refractivity contribution in [2.24, 2.45) is 0 Å². The number of ether oxygens (including phenoxy) is 1. The van der Waals surface area contributed by atoms with E-state index in [-0.39, 0.29) is 11.7 Å². The van der Waals surface area contributed by atoms with E-state index in [1.165, 1.54) is 16.3 Å². The SMILES string of the molecule is O=c1[nH]ccc2cc(OC3CCCN(Cc4cccc5ccccc45)C3)ccc12. The van der Waals surface area contributed by atoms with Crippen LogP contribution in [0.3, 0.4) is 0 Å². The monoisotopic (exact) mass is 384 g/mol. The minimum absolute atomic E-state index is 0.0621. The van der Waals surface area contributed by atoms with Crippen molar-refractivity contribution in [1.82, 2.24) is 9.88 Å². The van der Waals surface area contributed by atoms with Crippen molar-refractivity contribution in [3.05, 3.63) is 88.8 Å². The van der Waals surface area contributed by atoms with E-state index in [9.17, 15) is 4.79 Å². The number of benzene rings is 3. The van der Waals surface area contributed by atoms with Gasteiger partial charge >= 0.3 is 0 Å². The van der Waals surface area contributed by atoms with Gasteiger partial charge in [0.25, 0.3) is 5.56 Å². The molecule has 1 aliphatic rings. The predicted molar refractivity (Wildman–Crippen MR) is 117 cm³/mol. The van der Waals surface area contributed by atoms with Crippen molar-refractivity contribution in [3.8, 4) is 5.75 Å². The second-order valence-corrected chi connectivity index (χ2v) is 7.81. The lowest BCUT2D eigenvalue weighted by Crippen LogP contribution is -2.40. The summed E-state index contributed by atoms with van der Waals surface area (Å²) in [6.45, 7) is 2.95. The topological polar surface area (TPSA) is 45.3 Å². The molecule has 1 unspecified atom stereocenters. The Hall–Kier alpha value is -3.11. The number of nitrogens with one attached hydrogen (secondary N) is 1. The summed E-state index contributed by atoms with van der Waals surface area (Å²) >= 11 is 0. The first-order valence-electron chi connectivity index (χ1n) is 10.2. The molecule has 0 spiro atoms. The van der Waals surface area contributed by atoms with Gasteiger partial charge in [0.2, 0.25) is 0 Å². The molecule has 3 aromatic carbocycles. The van der Waals surface area contributed by atoms with Gasteiger partial charge in [-0.15, -0.1) is 0 Å². The van der Waals surface area contributed by atoms with E-state index in [0.717, 1.165) is 43.6 Å². The van der Waals surface area contributed by atoms with E-state index in [1.807, 2.05) is 24.3 Å². The highest BCUT2D eigenvalue weighted by atomic mass is 16.5. The van der Waals surface area contributed by atoms with Gasteiger partial charge in [-0.05, 0) is 65.4 Å². The average molecular weight is 384 g/mol. The lowest BCUT2D eigenvalue weighted by atomic mass is 10.0. The highest BCUT2D eigenvalue weighted by Crippen LogP contribution is 2.25. The Balaban J connectivity index is 1.31. The van der Waals surface area contributed by atoms with Crippen molar-refractivity contribution < 1.29 is 4.74 Å². The second kappa shape index (κ2) is 7.72. The molecule has 4 nitrogen and oxygen atoms in total. The molecule has 4 aromatic rings. The quantitative estimate of drug-likeness (QED) is 0.553. The zero-order valence-corrected chi connectivity index (χ0v) is 16.3. The molecular formula is C25H24N2O2. The van der Waals surface area contributed by atoms with Crippen molar-refractivity contribution in [3.63, 3.8) is 0 Å². The molecule has 0 saturated carbocycles. The fourth-order valence-electron chi connectivity index (χ4n) is 4.36. The number of H-pyrrole nitrogens is 1. The fourth-order valence-corrected chi connectivity index (χ4v) is 4.36. The van der Waals surface area contributed by atoms with Crippen LogP contribution in [0.4, 0.5) is 0 Å². The molecule has 1 aliphatic heterocycles. The predicted octanol–water partition coefficient (Wildman–Crippen LogP) is 4.72. The molecule has 146 valence electrons. The molecule has 0 radical (unpaired) electrons. The maximum absolute atomic E-state index is 11.9. The maximum atomic E-state index is 11.9. The number of rotatable bonds is 4. The molecule has 2 heterocycles. The smallest absolute Gasteiger partial charge is 0.255 e. The Labute approximate surface area is 169 Å². The number of aromatic amines is 1. The highest BCUT2D eigenvalue weighted by Gasteiger charge is 2.22. The summed E-state index contributed by atoms with van der Waals surface area (Å²) in [7, 11) is 0. The van der Waals surface area contributed by atoms with Gasteiger partial charge in [-0.2, -0.15) is 0 Å². The second-order valence-electron chi connectivity index (χ2n) is 7.81. The van der Waals surface area contributed by atoms with Crippen molar-refractivity contribution in [2.45, 2.75) is 25.5 Å². The molecule has 5 rings (SSSR count). The number of hydrogen-bond donors (Lipinski definition) is 1. The van der Waals surface area contributed by atoms with Crippen LogP contribution in [0, 0.1) is 0 Å². The summed E-state index contributed by atoms with van der Waals surface area (Å²) < 4.78 is 6.30. The van der Waals surface area contributed by atoms with Gasteiger partial charge in [0, 0.05) is 24.7 Å². The molecule has 1 atom stereocenters. The summed E-state index contributed by atoms with van der Waals surface area (Å²) in [5, 5.41) is 4.23. The normalized spacial score (nSPS) is 17.6. The van der Waals surface area contributed by atoms with Crippen molar-refractivity contribution >= 4 is 21.5 Å². The molecule has 1 aromatic heterocycles. The molecule has 0 bridgehead atoms. The zero-order valence-electron chi connectivity index (χ0n) is 16.3. The largest absolute Gasteiger partial charge is 0.489 e. The van der Waals surface area contributed by atoms with Crippen LogP contribution in [-0.4, -0.2) is 29.1 Å². The molecule has 1 N–H and O–H groups in total. The molecular weight excluding hydrogens is 360 g/mol. The first-order valence-corrected chi connectivity index (χ1v) is 10.2. The molecule has 29 heavy (non-hydrogen) atoms. The number of aromatic nitrogens is 1. The van der Waals surface area contributed by atoms with Gasteiger partial charge in [0.15, 0.2) is 0 Å². The van der Waals surface area contributed by atoms with Crippen LogP contribution in [0.1, 0.15) is 18.4 Å². The van der Waals surface area contributed by atoms with Crippen molar-refractivity contribution in [2.75, 3.05) is 13.1 Å². The lowest BCUT2D eigenvalue weighted by molar-refractivity contribution is 0.0846. The van der Waals surface area contributed by atoms with E-state index >= 15 is 0 Å². The number of nitrogens with zero attached hydrogens (tertiary/aromatic N) is 1. The maximum Gasteiger partial charge on any atom is 0.255 e. The van der Waals surface area contributed by atoms with Gasteiger partial charge in [0.1, 0.15) is 11.9 Å². The first-order chi connectivity index (χ1) is 14.3. The molecule has 4 heteroatoms. The Morgan fingerprint density at radius 2 is 1.86 bits per heavy atom. The number of piperidine rings is 1. The van der Waals surface area contributed by atoms with Gasteiger partial charge in [-0.25, -0.2) is 0 Å². The molecule has 1 fully saturated rings. The Kier molecular flexibility index (Phi) is 4.78. The lowest BCUT2D eigenvalue weighted by Gasteiger charge is -2.33. The van der Waals surface area contributed by atoms with Gasteiger partial charge in [0.05, 0.1) is 0 Å². The average Bonchev–Trinajstić information content (AvgIpc) is 2.74. The van der Waals surface area contributed by atoms with Crippen LogP contribution in [-0.2, 0) is 6.54 Å². The summed E-state index contributed by atoms with van der Waals surface area (Å²) in [5.41, 5.74) is 1.31. The zero-order chi connectivity index (χ0) is 19.6. The standard InChI is InChI=1S/C25H24N2O2/c28-25-24-11-10-21(15-19(24)12-13-26-25)29-22-8-4-14-27(17-22)16-20-7-3-6-18-5-1-2-9-23(18)20/h1-3,5-7,9-13,15,22H,4,8,14,16-17H2,(H,26,28). The number of fused-ring (bicyclic) bond motifs is 2. The van der Waals surface area contributed by atoms with Gasteiger partial charge in [-0.1, -0.05) is 42.5 Å². The fraction of sp³-hybridized carbons (Fsp3) is 0.240. The van der Waals surface area contributed by atoms with E-state index in [4.69, 9.17) is 4.74 Å². The van der Waals surface area contributed by atoms with Gasteiger partial charge in [-0.3, -0.25) is 9.69 Å². The van der Waals surface area contributed by atoms with Crippen LogP contribution >= 0.6 is 0 Å². The third-order valence-corrected chi connectivity index (χ3v) is 5.78. The minimum atomic E-state index is -0.0621. The Morgan fingerprint density at radius 1 is 0.966 bits per heavy atom. The third kappa shape index (κ3) is 3.76. The van der Waals surface area contributed by atoms with Crippen LogP contribution in [0.5, 0.6) is 5.75 Å². The number of pyridine rings is 1. The van der Waals surface area contributed by atoms with Crippen LogP contribution in [0.15, 0.2) is 77.7 Å². The summed E-state index contributed by atoms with van der Waals surface area (Å²) in [6.07, 6.45) is 4.03. The van der Waals surface area contributed by atoms with E-state index in [0.29, 0.717) is 5.39 Å². The summed E-state index contributed by atoms with van der Waals surface area (Å²) in [6, 6.07) is 22.8. The summed E-state index contributed by atoms with van der Waals surface area (Å²) in [4.78, 5) is 17.1. The van der Waals surface area contributed by atoms with E-state index in [2.05, 4.69) is 52.3 Å². The van der Waals surface area contributed by atoms with Gasteiger partial charge < -0.3 is 9.72 Å². The Bertz CT molecular complexity index is 1210. The Morgan fingerprint density at radius 3 is 2.83 bits per heavy atom. The van der Waals surface area contributed by atoms with Crippen LogP contribution in [0.2, 0.25) is 0 Å². The molecule has 0 aliphatic carbocycles. The molecule has 0 amide bonds. The third-order valence-electron chi connectivity index (χ3n) is 5.78. The first kappa shape index (κ1) is 18.0. The summed E-state index contributed by atoms with van der Waals surface area (Å²) in [5.74, 6) is 0.833. The van der Waals surface area contributed by atoms with Crippen molar-refractivity contribution in [1.29, 1.82) is 0 Å². The van der Waals surface area contributed by atoms with Crippen LogP contribution < -0.4 is 10.3 Å². The number of likely N-dealkylation sites (tertiary alicyclic amines) is 1. The minimum Gasteiger partial charge on any atom is -0.489 e. The molecule has 1 saturated heterocycles. The highest BCUT2D eigenvalue weighted by molar-refractivity contribution is 5.85. The van der Waals surface area contributed by atoms with E-state index in [1.54, 1.807) is 6.20 Å². The van der Waals surface area contributed by atoms with Crippen LogP contribution in [0.25, 0.3) is 21.5 Å². The van der Waals surface area contributed by atoms with E-state index < -0.39 is 0 Å². The number of hydrogen-bond acceptors (Lipinski definition) is 3.